The molecule has 0 saturated carbocycles. The minimum absolute atomic E-state index is 0.701. The molecule has 0 bridgehead atoms. The largest absolute Gasteiger partial charge is 0.313 e. The van der Waals surface area contributed by atoms with Gasteiger partial charge in [0.05, 0.1) is 0 Å². The Kier molecular flexibility index (Phi) is 5.96. The van der Waals surface area contributed by atoms with Gasteiger partial charge in [0.2, 0.25) is 0 Å². The zero-order chi connectivity index (χ0) is 11.1. The first-order chi connectivity index (χ1) is 7.22. The van der Waals surface area contributed by atoms with Gasteiger partial charge in [-0.05, 0) is 32.9 Å². The minimum atomic E-state index is 0.701. The highest BCUT2D eigenvalue weighted by Crippen LogP contribution is 2.10. The number of rotatable bonds is 5. The van der Waals surface area contributed by atoms with Crippen LogP contribution in [0, 0.1) is 0 Å². The fourth-order valence-electron chi connectivity index (χ4n) is 2.26. The average molecular weight is 210 g/mol. The lowest BCUT2D eigenvalue weighted by Crippen LogP contribution is -2.41. The van der Waals surface area contributed by atoms with Crippen LogP contribution in [-0.2, 0) is 0 Å². The van der Waals surface area contributed by atoms with Gasteiger partial charge in [-0.15, -0.1) is 0 Å². The maximum Gasteiger partial charge on any atom is 0.0195 e. The van der Waals surface area contributed by atoms with Crippen LogP contribution in [0.3, 0.4) is 0 Å². The molecule has 0 aromatic rings. The summed E-state index contributed by atoms with van der Waals surface area (Å²) in [6.45, 7) is 12.9. The quantitative estimate of drug-likeness (QED) is 0.701. The second-order valence-electron chi connectivity index (χ2n) is 4.79. The summed E-state index contributed by atoms with van der Waals surface area (Å²) in [4.78, 5) is 2.49. The molecule has 0 spiro atoms. The normalized spacial score (nSPS) is 22.7. The highest BCUT2D eigenvalue weighted by atomic mass is 15.1. The Balaban J connectivity index is 2.31. The Morgan fingerprint density at radius 2 is 2.20 bits per heavy atom. The molecule has 1 saturated heterocycles. The van der Waals surface area contributed by atoms with E-state index >= 15 is 0 Å². The van der Waals surface area contributed by atoms with Gasteiger partial charge < -0.3 is 5.32 Å². The zero-order valence-corrected chi connectivity index (χ0v) is 10.4. The predicted molar refractivity (Wildman–Crippen MR) is 67.2 cm³/mol. The number of nitrogens with one attached hydrogen (secondary N) is 1. The van der Waals surface area contributed by atoms with Crippen LogP contribution in [0.5, 0.6) is 0 Å². The Hall–Kier alpha value is -0.340. The van der Waals surface area contributed by atoms with E-state index in [9.17, 15) is 0 Å². The molecule has 88 valence electrons. The lowest BCUT2D eigenvalue weighted by Gasteiger charge is -2.26. The van der Waals surface area contributed by atoms with Gasteiger partial charge in [-0.25, -0.2) is 0 Å². The maximum absolute atomic E-state index is 3.99. The molecule has 1 N–H and O–H groups in total. The molecule has 0 aromatic heterocycles. The van der Waals surface area contributed by atoms with Crippen LogP contribution >= 0.6 is 0 Å². The van der Waals surface area contributed by atoms with E-state index in [1.165, 1.54) is 44.3 Å². The van der Waals surface area contributed by atoms with Gasteiger partial charge in [0.1, 0.15) is 0 Å². The van der Waals surface area contributed by atoms with Gasteiger partial charge in [0.25, 0.3) is 0 Å². The highest BCUT2D eigenvalue weighted by molar-refractivity contribution is 4.92. The summed E-state index contributed by atoms with van der Waals surface area (Å²) in [5.41, 5.74) is 1.27. The summed E-state index contributed by atoms with van der Waals surface area (Å²) in [6.07, 6.45) is 5.48. The van der Waals surface area contributed by atoms with E-state index in [1.807, 2.05) is 0 Å². The van der Waals surface area contributed by atoms with E-state index in [2.05, 4.69) is 30.6 Å². The molecule has 1 rings (SSSR count). The van der Waals surface area contributed by atoms with Gasteiger partial charge in [-0.2, -0.15) is 0 Å². The number of nitrogens with zero attached hydrogens (tertiary/aromatic N) is 1. The van der Waals surface area contributed by atoms with Crippen molar-refractivity contribution in [3.8, 4) is 0 Å². The van der Waals surface area contributed by atoms with Crippen molar-refractivity contribution >= 4 is 0 Å². The minimum Gasteiger partial charge on any atom is -0.313 e. The van der Waals surface area contributed by atoms with Crippen LogP contribution in [0.1, 0.15) is 39.5 Å². The van der Waals surface area contributed by atoms with Crippen molar-refractivity contribution in [3.05, 3.63) is 12.2 Å². The third kappa shape index (κ3) is 5.33. The van der Waals surface area contributed by atoms with Crippen molar-refractivity contribution in [1.29, 1.82) is 0 Å². The van der Waals surface area contributed by atoms with Crippen LogP contribution < -0.4 is 5.32 Å². The van der Waals surface area contributed by atoms with Crippen molar-refractivity contribution in [1.82, 2.24) is 10.2 Å². The first-order valence-corrected chi connectivity index (χ1v) is 6.32. The van der Waals surface area contributed by atoms with Crippen LogP contribution in [-0.4, -0.2) is 37.1 Å². The number of hydrogen-bond donors (Lipinski definition) is 1. The lowest BCUT2D eigenvalue weighted by molar-refractivity contribution is 0.268. The summed E-state index contributed by atoms with van der Waals surface area (Å²) in [5, 5.41) is 3.65. The molecule has 0 aliphatic carbocycles. The Morgan fingerprint density at radius 1 is 1.40 bits per heavy atom. The molecule has 0 aromatic carbocycles. The van der Waals surface area contributed by atoms with Crippen molar-refractivity contribution in [2.45, 2.75) is 45.6 Å². The van der Waals surface area contributed by atoms with Gasteiger partial charge in [0, 0.05) is 19.1 Å². The van der Waals surface area contributed by atoms with Gasteiger partial charge in [-0.3, -0.25) is 4.90 Å². The van der Waals surface area contributed by atoms with Gasteiger partial charge in [-0.1, -0.05) is 31.9 Å². The van der Waals surface area contributed by atoms with Crippen molar-refractivity contribution in [2.75, 3.05) is 26.2 Å². The summed E-state index contributed by atoms with van der Waals surface area (Å²) >= 11 is 0. The molecule has 15 heavy (non-hydrogen) atoms. The summed E-state index contributed by atoms with van der Waals surface area (Å²) in [5.74, 6) is 0. The highest BCUT2D eigenvalue weighted by Gasteiger charge is 2.14. The van der Waals surface area contributed by atoms with Crippen LogP contribution in [0.15, 0.2) is 12.2 Å². The van der Waals surface area contributed by atoms with Crippen molar-refractivity contribution in [3.63, 3.8) is 0 Å². The standard InChI is InChI=1S/C13H26N2/c1-4-15(10-12(2)3)11-13-8-6-5-7-9-14-13/h13-14H,2,4-11H2,1,3H3. The number of likely N-dealkylation sites (N-methyl/N-ethyl adjacent to an activating group) is 1. The first kappa shape index (κ1) is 12.7. The Morgan fingerprint density at radius 3 is 2.87 bits per heavy atom. The van der Waals surface area contributed by atoms with Gasteiger partial charge in [0.15, 0.2) is 0 Å². The third-order valence-corrected chi connectivity index (χ3v) is 3.08. The van der Waals surface area contributed by atoms with Crippen molar-refractivity contribution in [2.24, 2.45) is 0 Å². The molecule has 1 unspecified atom stereocenters. The fraction of sp³-hybridized carbons (Fsp3) is 0.846. The molecule has 1 aliphatic heterocycles. The van der Waals surface area contributed by atoms with E-state index in [-0.39, 0.29) is 0 Å². The predicted octanol–water partition coefficient (Wildman–Crippen LogP) is 2.42. The molecule has 1 atom stereocenters. The SMILES string of the molecule is C=C(C)CN(CC)CC1CCCCCN1. The van der Waals surface area contributed by atoms with E-state index in [1.54, 1.807) is 0 Å². The monoisotopic (exact) mass is 210 g/mol. The van der Waals surface area contributed by atoms with Crippen LogP contribution in [0.4, 0.5) is 0 Å². The summed E-state index contributed by atoms with van der Waals surface area (Å²) in [7, 11) is 0. The Labute approximate surface area is 94.7 Å². The molecule has 1 heterocycles. The molecular formula is C13H26N2. The molecule has 0 radical (unpaired) electrons. The summed E-state index contributed by atoms with van der Waals surface area (Å²) < 4.78 is 0. The second kappa shape index (κ2) is 7.02. The van der Waals surface area contributed by atoms with Crippen LogP contribution in [0.2, 0.25) is 0 Å². The molecule has 2 nitrogen and oxygen atoms in total. The molecule has 0 amide bonds. The second-order valence-corrected chi connectivity index (χ2v) is 4.79. The fourth-order valence-corrected chi connectivity index (χ4v) is 2.26. The third-order valence-electron chi connectivity index (χ3n) is 3.08. The molecule has 1 fully saturated rings. The van der Waals surface area contributed by atoms with E-state index in [0.29, 0.717) is 6.04 Å². The molecule has 1 aliphatic rings. The zero-order valence-electron chi connectivity index (χ0n) is 10.4. The van der Waals surface area contributed by atoms with E-state index in [0.717, 1.165) is 13.1 Å². The van der Waals surface area contributed by atoms with Crippen LogP contribution in [0.25, 0.3) is 0 Å². The van der Waals surface area contributed by atoms with E-state index < -0.39 is 0 Å². The number of hydrogen-bond acceptors (Lipinski definition) is 2. The maximum atomic E-state index is 3.99. The van der Waals surface area contributed by atoms with Gasteiger partial charge >= 0.3 is 0 Å². The average Bonchev–Trinajstić information content (AvgIpc) is 2.44. The topological polar surface area (TPSA) is 15.3 Å². The van der Waals surface area contributed by atoms with Crippen molar-refractivity contribution < 1.29 is 0 Å². The first-order valence-electron chi connectivity index (χ1n) is 6.32. The summed E-state index contributed by atoms with van der Waals surface area (Å²) in [6, 6.07) is 0.701. The molecule has 2 heteroatoms. The molecular weight excluding hydrogens is 184 g/mol. The smallest absolute Gasteiger partial charge is 0.0195 e. The lowest BCUT2D eigenvalue weighted by atomic mass is 10.1. The van der Waals surface area contributed by atoms with E-state index in [4.69, 9.17) is 0 Å². The Bertz CT molecular complexity index is 181.